The van der Waals surface area contributed by atoms with Gasteiger partial charge >= 0.3 is 6.01 Å². The molecule has 91 valence electrons. The SMILES string of the molecule is [c]1ccccc1Oc1nccc(-c2ccccc2)n1. The molecule has 0 aliphatic heterocycles. The van der Waals surface area contributed by atoms with E-state index in [1.165, 1.54) is 0 Å². The zero-order chi connectivity index (χ0) is 12.9. The lowest BCUT2D eigenvalue weighted by molar-refractivity contribution is 0.441. The number of aromatic nitrogens is 2. The fraction of sp³-hybridized carbons (Fsp3) is 0. The van der Waals surface area contributed by atoms with Crippen LogP contribution >= 0.6 is 0 Å². The molecule has 0 unspecified atom stereocenters. The van der Waals surface area contributed by atoms with E-state index in [9.17, 15) is 0 Å². The molecule has 2 aromatic carbocycles. The topological polar surface area (TPSA) is 35.0 Å². The van der Waals surface area contributed by atoms with Gasteiger partial charge in [0.2, 0.25) is 0 Å². The standard InChI is InChI=1S/C16H11N2O/c1-3-7-13(8-4-1)15-11-12-17-16(18-15)19-14-9-5-2-6-10-14/h1-9,11-12H. The zero-order valence-corrected chi connectivity index (χ0v) is 10.2. The molecule has 0 fully saturated rings. The van der Waals surface area contributed by atoms with Crippen LogP contribution in [0.15, 0.2) is 66.9 Å². The molecular formula is C16H11N2O. The first-order chi connectivity index (χ1) is 9.42. The molecule has 0 spiro atoms. The van der Waals surface area contributed by atoms with Gasteiger partial charge in [-0.05, 0) is 12.1 Å². The Labute approximate surface area is 111 Å². The molecule has 0 aliphatic rings. The van der Waals surface area contributed by atoms with E-state index in [0.29, 0.717) is 11.8 Å². The molecule has 1 radical (unpaired) electrons. The molecule has 3 heteroatoms. The summed E-state index contributed by atoms with van der Waals surface area (Å²) in [6, 6.07) is 22.5. The number of benzene rings is 2. The van der Waals surface area contributed by atoms with Crippen LogP contribution in [0.5, 0.6) is 11.8 Å². The summed E-state index contributed by atoms with van der Waals surface area (Å²) in [4.78, 5) is 8.49. The van der Waals surface area contributed by atoms with E-state index in [1.807, 2.05) is 54.6 Å². The van der Waals surface area contributed by atoms with Gasteiger partial charge in [0.05, 0.1) is 5.69 Å². The van der Waals surface area contributed by atoms with Crippen molar-refractivity contribution >= 4 is 0 Å². The highest BCUT2D eigenvalue weighted by molar-refractivity contribution is 5.58. The van der Waals surface area contributed by atoms with E-state index in [2.05, 4.69) is 16.0 Å². The maximum absolute atomic E-state index is 5.56. The molecule has 1 heterocycles. The fourth-order valence-electron chi connectivity index (χ4n) is 1.70. The highest BCUT2D eigenvalue weighted by atomic mass is 16.5. The van der Waals surface area contributed by atoms with Crippen LogP contribution in [0.3, 0.4) is 0 Å². The third-order valence-corrected chi connectivity index (χ3v) is 2.58. The quantitative estimate of drug-likeness (QED) is 0.707. The van der Waals surface area contributed by atoms with Crippen LogP contribution in [-0.4, -0.2) is 9.97 Å². The van der Waals surface area contributed by atoms with Gasteiger partial charge in [0.1, 0.15) is 5.75 Å². The minimum Gasteiger partial charge on any atom is -0.424 e. The van der Waals surface area contributed by atoms with Crippen molar-refractivity contribution in [1.82, 2.24) is 9.97 Å². The lowest BCUT2D eigenvalue weighted by Crippen LogP contribution is -1.93. The molecule has 0 N–H and O–H groups in total. The van der Waals surface area contributed by atoms with Crippen molar-refractivity contribution in [3.8, 4) is 23.0 Å². The Kier molecular flexibility index (Phi) is 3.19. The predicted molar refractivity (Wildman–Crippen MR) is 72.8 cm³/mol. The van der Waals surface area contributed by atoms with Crippen LogP contribution in [0.2, 0.25) is 0 Å². The molecule has 3 nitrogen and oxygen atoms in total. The highest BCUT2D eigenvalue weighted by Gasteiger charge is 2.03. The Morgan fingerprint density at radius 1 is 0.895 bits per heavy atom. The van der Waals surface area contributed by atoms with Gasteiger partial charge in [-0.1, -0.05) is 48.5 Å². The van der Waals surface area contributed by atoms with Gasteiger partial charge in [-0.25, -0.2) is 4.98 Å². The average Bonchev–Trinajstić information content (AvgIpc) is 2.49. The normalized spacial score (nSPS) is 10.1. The van der Waals surface area contributed by atoms with Crippen molar-refractivity contribution in [2.24, 2.45) is 0 Å². The summed E-state index contributed by atoms with van der Waals surface area (Å²) < 4.78 is 5.56. The molecule has 0 bridgehead atoms. The largest absolute Gasteiger partial charge is 0.424 e. The lowest BCUT2D eigenvalue weighted by atomic mass is 10.1. The number of hydrogen-bond donors (Lipinski definition) is 0. The smallest absolute Gasteiger partial charge is 0.322 e. The summed E-state index contributed by atoms with van der Waals surface area (Å²) in [5, 5.41) is 0. The average molecular weight is 247 g/mol. The Hall–Kier alpha value is -2.68. The first-order valence-electron chi connectivity index (χ1n) is 5.95. The Bertz CT molecular complexity index is 654. The number of rotatable bonds is 3. The molecular weight excluding hydrogens is 236 g/mol. The zero-order valence-electron chi connectivity index (χ0n) is 10.2. The predicted octanol–water partition coefficient (Wildman–Crippen LogP) is 3.74. The molecule has 0 saturated carbocycles. The molecule has 3 aromatic rings. The Balaban J connectivity index is 1.89. The van der Waals surface area contributed by atoms with Crippen LogP contribution < -0.4 is 4.74 Å². The van der Waals surface area contributed by atoms with Crippen molar-refractivity contribution in [1.29, 1.82) is 0 Å². The van der Waals surface area contributed by atoms with E-state index in [4.69, 9.17) is 4.74 Å². The van der Waals surface area contributed by atoms with Crippen molar-refractivity contribution < 1.29 is 4.74 Å². The minimum absolute atomic E-state index is 0.323. The molecule has 19 heavy (non-hydrogen) atoms. The maximum atomic E-state index is 5.56. The monoisotopic (exact) mass is 247 g/mol. The van der Waals surface area contributed by atoms with E-state index in [0.717, 1.165) is 11.3 Å². The third-order valence-electron chi connectivity index (χ3n) is 2.58. The molecule has 3 rings (SSSR count). The minimum atomic E-state index is 0.323. The molecule has 0 saturated heterocycles. The Morgan fingerprint density at radius 2 is 1.74 bits per heavy atom. The summed E-state index contributed by atoms with van der Waals surface area (Å²) in [7, 11) is 0. The number of hydrogen-bond acceptors (Lipinski definition) is 3. The molecule has 0 amide bonds. The summed E-state index contributed by atoms with van der Waals surface area (Å²) in [6.45, 7) is 0. The van der Waals surface area contributed by atoms with Crippen LogP contribution in [0.1, 0.15) is 0 Å². The summed E-state index contributed by atoms with van der Waals surface area (Å²) in [6.07, 6.45) is 1.69. The van der Waals surface area contributed by atoms with Crippen molar-refractivity contribution in [2.75, 3.05) is 0 Å². The van der Waals surface area contributed by atoms with Gasteiger partial charge in [-0.3, -0.25) is 0 Å². The van der Waals surface area contributed by atoms with Gasteiger partial charge in [-0.15, -0.1) is 0 Å². The van der Waals surface area contributed by atoms with Gasteiger partial charge in [0.25, 0.3) is 0 Å². The Morgan fingerprint density at radius 3 is 2.53 bits per heavy atom. The van der Waals surface area contributed by atoms with Gasteiger partial charge < -0.3 is 4.74 Å². The first kappa shape index (κ1) is 11.4. The van der Waals surface area contributed by atoms with Crippen molar-refractivity contribution in [3.05, 3.63) is 72.9 Å². The second-order valence-corrected chi connectivity index (χ2v) is 3.92. The van der Waals surface area contributed by atoms with E-state index >= 15 is 0 Å². The molecule has 0 atom stereocenters. The third kappa shape index (κ3) is 2.77. The van der Waals surface area contributed by atoms with Crippen LogP contribution in [-0.2, 0) is 0 Å². The maximum Gasteiger partial charge on any atom is 0.322 e. The highest BCUT2D eigenvalue weighted by Crippen LogP contribution is 2.20. The fourth-order valence-corrected chi connectivity index (χ4v) is 1.70. The number of nitrogens with zero attached hydrogens (tertiary/aromatic N) is 2. The van der Waals surface area contributed by atoms with Gasteiger partial charge in [0, 0.05) is 17.8 Å². The van der Waals surface area contributed by atoms with Crippen molar-refractivity contribution in [2.45, 2.75) is 0 Å². The first-order valence-corrected chi connectivity index (χ1v) is 5.95. The summed E-state index contributed by atoms with van der Waals surface area (Å²) >= 11 is 0. The molecule has 1 aromatic heterocycles. The van der Waals surface area contributed by atoms with Crippen LogP contribution in [0.4, 0.5) is 0 Å². The van der Waals surface area contributed by atoms with E-state index in [-0.39, 0.29) is 0 Å². The van der Waals surface area contributed by atoms with Crippen molar-refractivity contribution in [3.63, 3.8) is 0 Å². The number of para-hydroxylation sites is 1. The van der Waals surface area contributed by atoms with Crippen LogP contribution in [0, 0.1) is 6.07 Å². The summed E-state index contributed by atoms with van der Waals surface area (Å²) in [5.74, 6) is 0.604. The summed E-state index contributed by atoms with van der Waals surface area (Å²) in [5.41, 5.74) is 1.87. The van der Waals surface area contributed by atoms with E-state index < -0.39 is 0 Å². The second-order valence-electron chi connectivity index (χ2n) is 3.92. The van der Waals surface area contributed by atoms with E-state index in [1.54, 1.807) is 12.3 Å². The van der Waals surface area contributed by atoms with Crippen LogP contribution in [0.25, 0.3) is 11.3 Å². The lowest BCUT2D eigenvalue weighted by Gasteiger charge is -2.05. The number of ether oxygens (including phenoxy) is 1. The second kappa shape index (κ2) is 5.31. The van der Waals surface area contributed by atoms with Gasteiger partial charge in [-0.2, -0.15) is 4.98 Å². The molecule has 0 aliphatic carbocycles. The van der Waals surface area contributed by atoms with Gasteiger partial charge in [0.15, 0.2) is 0 Å².